The normalized spacial score (nSPS) is 9.11. The van der Waals surface area contributed by atoms with Gasteiger partial charge in [0.05, 0.1) is 6.42 Å². The van der Waals surface area contributed by atoms with Gasteiger partial charge in [-0.15, -0.1) is 0 Å². The van der Waals surface area contributed by atoms with Gasteiger partial charge in [-0.25, -0.2) is 0 Å². The van der Waals surface area contributed by atoms with Crippen molar-refractivity contribution in [3.8, 4) is 0 Å². The van der Waals surface area contributed by atoms with Crippen molar-refractivity contribution in [2.24, 2.45) is 0 Å². The van der Waals surface area contributed by atoms with Gasteiger partial charge in [-0.2, -0.15) is 0 Å². The third kappa shape index (κ3) is 5.17. The second-order valence-corrected chi connectivity index (χ2v) is 1.89. The fourth-order valence-corrected chi connectivity index (χ4v) is 0.491. The lowest BCUT2D eigenvalue weighted by atomic mass is 10.2. The zero-order valence-electron chi connectivity index (χ0n) is 5.39. The molecular formula is C6H10O3. The minimum Gasteiger partial charge on any atom is -0.396 e. The number of carbonyl (C=O) groups excluding carboxylic acids is 2. The lowest BCUT2D eigenvalue weighted by Crippen LogP contribution is -2.05. The van der Waals surface area contributed by atoms with Gasteiger partial charge in [0.25, 0.3) is 0 Å². The predicted octanol–water partition coefficient (Wildman–Crippen LogP) is -0.0830. The molecule has 52 valence electrons. The Labute approximate surface area is 53.7 Å². The van der Waals surface area contributed by atoms with E-state index in [0.29, 0.717) is 0 Å². The quantitative estimate of drug-likeness (QED) is 0.541. The first-order valence-corrected chi connectivity index (χ1v) is 2.79. The topological polar surface area (TPSA) is 54.4 Å². The van der Waals surface area contributed by atoms with Crippen LogP contribution < -0.4 is 0 Å². The van der Waals surface area contributed by atoms with Gasteiger partial charge < -0.3 is 5.11 Å². The highest BCUT2D eigenvalue weighted by Gasteiger charge is 2.02. The van der Waals surface area contributed by atoms with Crippen molar-refractivity contribution in [3.63, 3.8) is 0 Å². The molecule has 0 rings (SSSR count). The molecule has 0 aliphatic carbocycles. The van der Waals surface area contributed by atoms with Crippen LogP contribution in [0.15, 0.2) is 0 Å². The Bertz CT molecular complexity index is 117. The van der Waals surface area contributed by atoms with Crippen LogP contribution in [0.4, 0.5) is 0 Å². The van der Waals surface area contributed by atoms with E-state index >= 15 is 0 Å². The summed E-state index contributed by atoms with van der Waals surface area (Å²) in [5, 5.41) is 8.22. The molecular weight excluding hydrogens is 120 g/mol. The smallest absolute Gasteiger partial charge is 0.142 e. The van der Waals surface area contributed by atoms with Gasteiger partial charge in [0.1, 0.15) is 11.6 Å². The van der Waals surface area contributed by atoms with Crippen LogP contribution >= 0.6 is 0 Å². The van der Waals surface area contributed by atoms with E-state index in [-0.39, 0.29) is 31.0 Å². The van der Waals surface area contributed by atoms with E-state index < -0.39 is 0 Å². The molecule has 1 N–H and O–H groups in total. The first-order chi connectivity index (χ1) is 4.16. The molecule has 0 amide bonds. The van der Waals surface area contributed by atoms with Crippen molar-refractivity contribution in [2.45, 2.75) is 19.8 Å². The monoisotopic (exact) mass is 130 g/mol. The molecule has 0 bridgehead atoms. The molecule has 0 aromatic heterocycles. The van der Waals surface area contributed by atoms with E-state index in [1.165, 1.54) is 6.92 Å². The van der Waals surface area contributed by atoms with Gasteiger partial charge in [0.2, 0.25) is 0 Å². The Morgan fingerprint density at radius 3 is 2.33 bits per heavy atom. The molecule has 9 heavy (non-hydrogen) atoms. The molecule has 0 atom stereocenters. The SMILES string of the molecule is CC(=O)CC(=O)CCO. The number of hydrogen-bond acceptors (Lipinski definition) is 3. The lowest BCUT2D eigenvalue weighted by molar-refractivity contribution is -0.126. The Kier molecular flexibility index (Phi) is 3.88. The predicted molar refractivity (Wildman–Crippen MR) is 32.0 cm³/mol. The molecule has 3 nitrogen and oxygen atoms in total. The van der Waals surface area contributed by atoms with Gasteiger partial charge in [-0.3, -0.25) is 9.59 Å². The second-order valence-electron chi connectivity index (χ2n) is 1.89. The zero-order valence-corrected chi connectivity index (χ0v) is 5.39. The number of rotatable bonds is 4. The summed E-state index contributed by atoms with van der Waals surface area (Å²) < 4.78 is 0. The van der Waals surface area contributed by atoms with E-state index in [1.54, 1.807) is 0 Å². The summed E-state index contributed by atoms with van der Waals surface area (Å²) in [5.41, 5.74) is 0. The minimum absolute atomic E-state index is 0.0411. The van der Waals surface area contributed by atoms with Crippen molar-refractivity contribution in [1.29, 1.82) is 0 Å². The van der Waals surface area contributed by atoms with Crippen molar-refractivity contribution in [3.05, 3.63) is 0 Å². The van der Waals surface area contributed by atoms with Gasteiger partial charge in [-0.05, 0) is 6.92 Å². The highest BCUT2D eigenvalue weighted by Crippen LogP contribution is 1.88. The first kappa shape index (κ1) is 8.30. The molecule has 0 fully saturated rings. The van der Waals surface area contributed by atoms with E-state index in [1.807, 2.05) is 0 Å². The molecule has 0 aromatic carbocycles. The average molecular weight is 130 g/mol. The van der Waals surface area contributed by atoms with Crippen LogP contribution in [-0.2, 0) is 9.59 Å². The standard InChI is InChI=1S/C6H10O3/c1-5(8)4-6(9)2-3-7/h7H,2-4H2,1H3. The molecule has 0 heterocycles. The summed E-state index contributed by atoms with van der Waals surface area (Å²) in [6.45, 7) is 1.20. The van der Waals surface area contributed by atoms with E-state index in [0.717, 1.165) is 0 Å². The van der Waals surface area contributed by atoms with Crippen LogP contribution in [0, 0.1) is 0 Å². The maximum Gasteiger partial charge on any atom is 0.142 e. The van der Waals surface area contributed by atoms with Gasteiger partial charge in [0, 0.05) is 13.0 Å². The van der Waals surface area contributed by atoms with Crippen LogP contribution in [0.5, 0.6) is 0 Å². The van der Waals surface area contributed by atoms with Crippen molar-refractivity contribution in [2.75, 3.05) is 6.61 Å². The maximum atomic E-state index is 10.5. The summed E-state index contributed by atoms with van der Waals surface area (Å²) in [4.78, 5) is 20.7. The van der Waals surface area contributed by atoms with Gasteiger partial charge in [-0.1, -0.05) is 0 Å². The summed E-state index contributed by atoms with van der Waals surface area (Å²) in [7, 11) is 0. The number of aliphatic hydroxyl groups is 1. The van der Waals surface area contributed by atoms with E-state index in [4.69, 9.17) is 5.11 Å². The molecule has 0 aliphatic heterocycles. The van der Waals surface area contributed by atoms with Gasteiger partial charge >= 0.3 is 0 Å². The molecule has 0 unspecified atom stereocenters. The Balaban J connectivity index is 3.39. The van der Waals surface area contributed by atoms with Crippen LogP contribution in [0.1, 0.15) is 19.8 Å². The van der Waals surface area contributed by atoms with E-state index in [2.05, 4.69) is 0 Å². The molecule has 0 spiro atoms. The third-order valence-electron chi connectivity index (χ3n) is 0.837. The highest BCUT2D eigenvalue weighted by atomic mass is 16.3. The van der Waals surface area contributed by atoms with Crippen LogP contribution in [0.2, 0.25) is 0 Å². The van der Waals surface area contributed by atoms with Crippen molar-refractivity contribution >= 4 is 11.6 Å². The Morgan fingerprint density at radius 2 is 2.00 bits per heavy atom. The zero-order chi connectivity index (χ0) is 7.28. The summed E-state index contributed by atoms with van der Waals surface area (Å²) >= 11 is 0. The summed E-state index contributed by atoms with van der Waals surface area (Å²) in [6, 6.07) is 0. The number of hydrogen-bond donors (Lipinski definition) is 1. The number of Topliss-reactive ketones (excluding diaryl/α,β-unsaturated/α-hetero) is 2. The minimum atomic E-state index is -0.190. The number of aliphatic hydroxyl groups excluding tert-OH is 1. The fourth-order valence-electron chi connectivity index (χ4n) is 0.491. The van der Waals surface area contributed by atoms with Crippen LogP contribution in [0.25, 0.3) is 0 Å². The Hall–Kier alpha value is -0.700. The van der Waals surface area contributed by atoms with Crippen molar-refractivity contribution in [1.82, 2.24) is 0 Å². The second kappa shape index (κ2) is 4.21. The third-order valence-corrected chi connectivity index (χ3v) is 0.837. The molecule has 0 saturated carbocycles. The first-order valence-electron chi connectivity index (χ1n) is 2.79. The highest BCUT2D eigenvalue weighted by molar-refractivity contribution is 5.97. The largest absolute Gasteiger partial charge is 0.396 e. The lowest BCUT2D eigenvalue weighted by Gasteiger charge is -1.90. The Morgan fingerprint density at radius 1 is 1.44 bits per heavy atom. The summed E-state index contributed by atoms with van der Waals surface area (Å²) in [5.74, 6) is -0.335. The molecule has 3 heteroatoms. The maximum absolute atomic E-state index is 10.5. The molecule has 0 radical (unpaired) electrons. The number of carbonyl (C=O) groups is 2. The fraction of sp³-hybridized carbons (Fsp3) is 0.667. The van der Waals surface area contributed by atoms with E-state index in [9.17, 15) is 9.59 Å². The summed E-state index contributed by atoms with van der Waals surface area (Å²) in [6.07, 6.45) is 0.0557. The van der Waals surface area contributed by atoms with Gasteiger partial charge in [0.15, 0.2) is 0 Å². The molecule has 0 saturated heterocycles. The molecule has 0 aromatic rings. The van der Waals surface area contributed by atoms with Crippen LogP contribution in [-0.4, -0.2) is 23.3 Å². The average Bonchev–Trinajstić information content (AvgIpc) is 1.63. The van der Waals surface area contributed by atoms with Crippen LogP contribution in [0.3, 0.4) is 0 Å². The molecule has 0 aliphatic rings. The van der Waals surface area contributed by atoms with Crippen molar-refractivity contribution < 1.29 is 14.7 Å². The number of ketones is 2.